The third-order valence-corrected chi connectivity index (χ3v) is 4.39. The normalized spacial score (nSPS) is 15.5. The van der Waals surface area contributed by atoms with Gasteiger partial charge in [-0.15, -0.1) is 0 Å². The van der Waals surface area contributed by atoms with Gasteiger partial charge in [0.2, 0.25) is 0 Å². The zero-order valence-electron chi connectivity index (χ0n) is 13.9. The van der Waals surface area contributed by atoms with Gasteiger partial charge in [-0.25, -0.2) is 0 Å². The van der Waals surface area contributed by atoms with Crippen LogP contribution in [-0.2, 0) is 19.3 Å². The summed E-state index contributed by atoms with van der Waals surface area (Å²) in [5.74, 6) is 0. The number of benzene rings is 2. The highest BCUT2D eigenvalue weighted by Crippen LogP contribution is 2.11. The summed E-state index contributed by atoms with van der Waals surface area (Å²) in [5, 5.41) is 6.94. The van der Waals surface area contributed by atoms with Crippen LogP contribution >= 0.6 is 0 Å². The lowest BCUT2D eigenvalue weighted by Crippen LogP contribution is -2.33. The molecule has 0 aliphatic carbocycles. The molecule has 1 saturated heterocycles. The monoisotopic (exact) mass is 306 g/mol. The lowest BCUT2D eigenvalue weighted by molar-refractivity contribution is 0.551. The van der Waals surface area contributed by atoms with Crippen molar-refractivity contribution in [3.05, 3.63) is 76.9 Å². The summed E-state index contributed by atoms with van der Waals surface area (Å²) < 4.78 is 0. The standard InChI is InChI=1S/C21H26N2/c1-2-17-9-11-18(12-10-17)5-3-6-19-7-4-8-20(15-19)16-21-22-13-14-23-21/h3-4,6-12,15,21-23H,2,5,13-14,16H2,1H3/b6-3+. The third-order valence-electron chi connectivity index (χ3n) is 4.39. The van der Waals surface area contributed by atoms with Gasteiger partial charge in [-0.05, 0) is 35.1 Å². The van der Waals surface area contributed by atoms with E-state index in [0.29, 0.717) is 6.17 Å². The lowest BCUT2D eigenvalue weighted by atomic mass is 10.0. The molecule has 1 fully saturated rings. The second-order valence-electron chi connectivity index (χ2n) is 6.19. The number of allylic oxidation sites excluding steroid dienone is 1. The fraction of sp³-hybridized carbons (Fsp3) is 0.333. The van der Waals surface area contributed by atoms with Crippen molar-refractivity contribution >= 4 is 6.08 Å². The fourth-order valence-corrected chi connectivity index (χ4v) is 3.01. The topological polar surface area (TPSA) is 24.1 Å². The summed E-state index contributed by atoms with van der Waals surface area (Å²) in [7, 11) is 0. The van der Waals surface area contributed by atoms with Gasteiger partial charge in [-0.2, -0.15) is 0 Å². The van der Waals surface area contributed by atoms with Gasteiger partial charge in [0.25, 0.3) is 0 Å². The molecule has 1 aliphatic rings. The molecule has 23 heavy (non-hydrogen) atoms. The van der Waals surface area contributed by atoms with E-state index in [1.165, 1.54) is 22.3 Å². The van der Waals surface area contributed by atoms with E-state index < -0.39 is 0 Å². The molecule has 1 aliphatic heterocycles. The summed E-state index contributed by atoms with van der Waals surface area (Å²) in [5.41, 5.74) is 5.44. The molecule has 0 atom stereocenters. The van der Waals surface area contributed by atoms with Crippen molar-refractivity contribution in [1.82, 2.24) is 10.6 Å². The van der Waals surface area contributed by atoms with Gasteiger partial charge in [-0.3, -0.25) is 0 Å². The van der Waals surface area contributed by atoms with Crippen molar-refractivity contribution in [2.45, 2.75) is 32.4 Å². The van der Waals surface area contributed by atoms with Crippen molar-refractivity contribution in [2.75, 3.05) is 13.1 Å². The van der Waals surface area contributed by atoms with Crippen molar-refractivity contribution in [3.63, 3.8) is 0 Å². The molecule has 0 radical (unpaired) electrons. The molecule has 1 heterocycles. The summed E-state index contributed by atoms with van der Waals surface area (Å²) in [6, 6.07) is 17.8. The molecule has 0 unspecified atom stereocenters. The van der Waals surface area contributed by atoms with Crippen LogP contribution in [0.5, 0.6) is 0 Å². The van der Waals surface area contributed by atoms with E-state index in [1.54, 1.807) is 0 Å². The molecule has 2 N–H and O–H groups in total. The van der Waals surface area contributed by atoms with E-state index in [9.17, 15) is 0 Å². The molecule has 0 saturated carbocycles. The highest BCUT2D eigenvalue weighted by Gasteiger charge is 2.12. The predicted octanol–water partition coefficient (Wildman–Crippen LogP) is 3.57. The summed E-state index contributed by atoms with van der Waals surface area (Å²) in [6.07, 6.45) is 8.04. The zero-order valence-corrected chi connectivity index (χ0v) is 13.9. The first-order chi connectivity index (χ1) is 11.3. The Morgan fingerprint density at radius 1 is 0.957 bits per heavy atom. The fourth-order valence-electron chi connectivity index (χ4n) is 3.01. The maximum atomic E-state index is 3.47. The first kappa shape index (κ1) is 16.0. The highest BCUT2D eigenvalue weighted by molar-refractivity contribution is 5.51. The van der Waals surface area contributed by atoms with E-state index in [0.717, 1.165) is 32.4 Å². The minimum Gasteiger partial charge on any atom is -0.300 e. The number of aryl methyl sites for hydroxylation is 1. The summed E-state index contributed by atoms with van der Waals surface area (Å²) in [4.78, 5) is 0. The van der Waals surface area contributed by atoms with E-state index >= 15 is 0 Å². The Balaban J connectivity index is 1.57. The second kappa shape index (κ2) is 8.09. The quantitative estimate of drug-likeness (QED) is 0.852. The lowest BCUT2D eigenvalue weighted by Gasteiger charge is -2.11. The first-order valence-electron chi connectivity index (χ1n) is 8.63. The van der Waals surface area contributed by atoms with Crippen LogP contribution in [0.15, 0.2) is 54.6 Å². The zero-order chi connectivity index (χ0) is 15.9. The first-order valence-corrected chi connectivity index (χ1v) is 8.63. The Kier molecular flexibility index (Phi) is 5.62. The molecule has 3 rings (SSSR count). The Morgan fingerprint density at radius 2 is 1.70 bits per heavy atom. The number of rotatable bonds is 6. The van der Waals surface area contributed by atoms with Crippen molar-refractivity contribution in [2.24, 2.45) is 0 Å². The molecule has 2 aromatic carbocycles. The Bertz CT molecular complexity index is 637. The van der Waals surface area contributed by atoms with Crippen LogP contribution in [0.3, 0.4) is 0 Å². The van der Waals surface area contributed by atoms with Crippen molar-refractivity contribution in [3.8, 4) is 0 Å². The van der Waals surface area contributed by atoms with Crippen LogP contribution in [0.25, 0.3) is 6.08 Å². The largest absolute Gasteiger partial charge is 0.300 e. The minimum atomic E-state index is 0.423. The molecule has 2 heteroatoms. The van der Waals surface area contributed by atoms with Crippen LogP contribution in [0.1, 0.15) is 29.2 Å². The highest BCUT2D eigenvalue weighted by atomic mass is 15.2. The SMILES string of the molecule is CCc1ccc(C/C=C/c2cccc(CC3NCCN3)c2)cc1. The number of hydrogen-bond donors (Lipinski definition) is 2. The number of hydrogen-bond acceptors (Lipinski definition) is 2. The van der Waals surface area contributed by atoms with Crippen LogP contribution in [0, 0.1) is 0 Å². The van der Waals surface area contributed by atoms with E-state index in [-0.39, 0.29) is 0 Å². The number of nitrogens with one attached hydrogen (secondary N) is 2. The predicted molar refractivity (Wildman–Crippen MR) is 98.5 cm³/mol. The van der Waals surface area contributed by atoms with Gasteiger partial charge >= 0.3 is 0 Å². The maximum Gasteiger partial charge on any atom is 0.0614 e. The van der Waals surface area contributed by atoms with Crippen molar-refractivity contribution < 1.29 is 0 Å². The average molecular weight is 306 g/mol. The third kappa shape index (κ3) is 4.78. The van der Waals surface area contributed by atoms with Gasteiger partial charge in [0.15, 0.2) is 0 Å². The van der Waals surface area contributed by atoms with Gasteiger partial charge in [0, 0.05) is 19.5 Å². The van der Waals surface area contributed by atoms with Crippen molar-refractivity contribution in [1.29, 1.82) is 0 Å². The molecule has 0 bridgehead atoms. The van der Waals surface area contributed by atoms with E-state index in [4.69, 9.17) is 0 Å². The summed E-state index contributed by atoms with van der Waals surface area (Å²) in [6.45, 7) is 4.33. The molecule has 0 amide bonds. The smallest absolute Gasteiger partial charge is 0.0614 e. The molecular weight excluding hydrogens is 280 g/mol. The van der Waals surface area contributed by atoms with Crippen LogP contribution in [0.4, 0.5) is 0 Å². The Hall–Kier alpha value is -1.90. The van der Waals surface area contributed by atoms with Crippen LogP contribution in [0.2, 0.25) is 0 Å². The molecule has 0 spiro atoms. The van der Waals surface area contributed by atoms with Gasteiger partial charge in [-0.1, -0.05) is 67.6 Å². The van der Waals surface area contributed by atoms with E-state index in [1.807, 2.05) is 0 Å². The molecule has 2 aromatic rings. The average Bonchev–Trinajstić information content (AvgIpc) is 3.09. The van der Waals surface area contributed by atoms with Gasteiger partial charge in [0.05, 0.1) is 6.17 Å². The summed E-state index contributed by atoms with van der Waals surface area (Å²) >= 11 is 0. The maximum absolute atomic E-state index is 3.47. The van der Waals surface area contributed by atoms with Crippen LogP contribution in [-0.4, -0.2) is 19.3 Å². The minimum absolute atomic E-state index is 0.423. The second-order valence-corrected chi connectivity index (χ2v) is 6.19. The van der Waals surface area contributed by atoms with E-state index in [2.05, 4.69) is 78.2 Å². The molecule has 2 nitrogen and oxygen atoms in total. The van der Waals surface area contributed by atoms with Crippen LogP contribution < -0.4 is 10.6 Å². The Labute approximate surface area is 139 Å². The Morgan fingerprint density at radius 3 is 2.43 bits per heavy atom. The molecular formula is C21H26N2. The van der Waals surface area contributed by atoms with Gasteiger partial charge in [0.1, 0.15) is 0 Å². The molecule has 120 valence electrons. The molecule has 0 aromatic heterocycles. The van der Waals surface area contributed by atoms with Gasteiger partial charge < -0.3 is 10.6 Å².